The lowest BCUT2D eigenvalue weighted by molar-refractivity contribution is 0.0961. The quantitative estimate of drug-likeness (QED) is 0.842. The number of thiazole rings is 1. The summed E-state index contributed by atoms with van der Waals surface area (Å²) in [6, 6.07) is 0. The van der Waals surface area contributed by atoms with Gasteiger partial charge in [0.05, 0.1) is 12.2 Å². The number of aromatic nitrogens is 1. The number of carbonyl (C=O) groups excluding carboxylic acids is 1. The highest BCUT2D eigenvalue weighted by atomic mass is 32.1. The van der Waals surface area contributed by atoms with Crippen LogP contribution in [0.4, 0.5) is 0 Å². The van der Waals surface area contributed by atoms with Gasteiger partial charge < -0.3 is 5.32 Å². The van der Waals surface area contributed by atoms with Crippen LogP contribution in [-0.4, -0.2) is 35.4 Å². The van der Waals surface area contributed by atoms with Crippen molar-refractivity contribution in [2.24, 2.45) is 0 Å². The van der Waals surface area contributed by atoms with E-state index in [4.69, 9.17) is 0 Å². The Balaban J connectivity index is 1.99. The lowest BCUT2D eigenvalue weighted by atomic mass is 10.1. The van der Waals surface area contributed by atoms with Gasteiger partial charge in [0.15, 0.2) is 0 Å². The summed E-state index contributed by atoms with van der Waals surface area (Å²) in [5.41, 5.74) is 0.832. The molecule has 0 spiro atoms. The molecule has 104 valence electrons. The lowest BCUT2D eigenvalue weighted by Gasteiger charge is -2.25. The predicted octanol–water partition coefficient (Wildman–Crippen LogP) is 2.35. The summed E-state index contributed by atoms with van der Waals surface area (Å²) in [5, 5.41) is 3.85. The lowest BCUT2D eigenvalue weighted by Crippen LogP contribution is -2.29. The zero-order valence-electron chi connectivity index (χ0n) is 11.4. The van der Waals surface area contributed by atoms with Crippen LogP contribution in [0, 0.1) is 6.92 Å². The summed E-state index contributed by atoms with van der Waals surface area (Å²) in [7, 11) is 0. The second kappa shape index (κ2) is 6.82. The summed E-state index contributed by atoms with van der Waals surface area (Å²) in [6.07, 6.45) is 5.57. The fraction of sp³-hybridized carbons (Fsp3) is 0.571. The molecule has 1 fully saturated rings. The van der Waals surface area contributed by atoms with Crippen molar-refractivity contribution in [2.45, 2.75) is 32.7 Å². The Morgan fingerprint density at radius 3 is 2.89 bits per heavy atom. The summed E-state index contributed by atoms with van der Waals surface area (Å²) in [4.78, 5) is 19.6. The highest BCUT2D eigenvalue weighted by Gasteiger charge is 2.17. The Bertz CT molecular complexity index is 450. The van der Waals surface area contributed by atoms with E-state index in [1.54, 1.807) is 6.08 Å². The van der Waals surface area contributed by atoms with Gasteiger partial charge in [0.2, 0.25) is 0 Å². The van der Waals surface area contributed by atoms with Crippen LogP contribution in [0.5, 0.6) is 0 Å². The normalized spacial score (nSPS) is 16.3. The molecule has 1 aliphatic rings. The monoisotopic (exact) mass is 279 g/mol. The van der Waals surface area contributed by atoms with E-state index in [0.29, 0.717) is 6.54 Å². The zero-order valence-corrected chi connectivity index (χ0v) is 12.3. The standard InChI is InChI=1S/C14H21N3OS/c1-3-7-15-14(18)13-11(2)16-12(19-13)10-17-8-5-4-6-9-17/h3H,1,4-10H2,2H3,(H,15,18). The van der Waals surface area contributed by atoms with Crippen molar-refractivity contribution >= 4 is 17.2 Å². The molecule has 1 amide bonds. The van der Waals surface area contributed by atoms with Gasteiger partial charge in [-0.3, -0.25) is 9.69 Å². The van der Waals surface area contributed by atoms with Crippen LogP contribution in [0.15, 0.2) is 12.7 Å². The molecule has 0 aliphatic carbocycles. The predicted molar refractivity (Wildman–Crippen MR) is 78.5 cm³/mol. The van der Waals surface area contributed by atoms with E-state index in [0.717, 1.165) is 35.2 Å². The smallest absolute Gasteiger partial charge is 0.263 e. The number of nitrogens with zero attached hydrogens (tertiary/aromatic N) is 2. The Morgan fingerprint density at radius 1 is 1.47 bits per heavy atom. The Morgan fingerprint density at radius 2 is 2.21 bits per heavy atom. The van der Waals surface area contributed by atoms with E-state index in [9.17, 15) is 4.79 Å². The number of carbonyl (C=O) groups is 1. The second-order valence-corrected chi connectivity index (χ2v) is 5.94. The third kappa shape index (κ3) is 3.88. The number of likely N-dealkylation sites (tertiary alicyclic amines) is 1. The molecule has 0 atom stereocenters. The van der Waals surface area contributed by atoms with Crippen LogP contribution in [0.3, 0.4) is 0 Å². The van der Waals surface area contributed by atoms with Crippen LogP contribution >= 0.6 is 11.3 Å². The number of aryl methyl sites for hydroxylation is 1. The molecule has 5 heteroatoms. The van der Waals surface area contributed by atoms with Gasteiger partial charge in [-0.15, -0.1) is 17.9 Å². The average molecular weight is 279 g/mol. The van der Waals surface area contributed by atoms with Crippen LogP contribution in [0.1, 0.15) is 39.6 Å². The number of rotatable bonds is 5. The van der Waals surface area contributed by atoms with Crippen LogP contribution in [0.2, 0.25) is 0 Å². The molecule has 2 rings (SSSR count). The highest BCUT2D eigenvalue weighted by molar-refractivity contribution is 7.13. The Hall–Kier alpha value is -1.20. The van der Waals surface area contributed by atoms with Crippen molar-refractivity contribution < 1.29 is 4.79 Å². The second-order valence-electron chi connectivity index (χ2n) is 4.86. The van der Waals surface area contributed by atoms with Crippen molar-refractivity contribution in [3.8, 4) is 0 Å². The molecule has 2 heterocycles. The van der Waals surface area contributed by atoms with Crippen molar-refractivity contribution in [2.75, 3.05) is 19.6 Å². The van der Waals surface area contributed by atoms with Crippen molar-refractivity contribution in [1.29, 1.82) is 0 Å². The average Bonchev–Trinajstić information content (AvgIpc) is 2.78. The fourth-order valence-corrected chi connectivity index (χ4v) is 3.31. The number of hydrogen-bond donors (Lipinski definition) is 1. The molecule has 1 aliphatic heterocycles. The molecule has 1 aromatic heterocycles. The molecular formula is C14H21N3OS. The van der Waals surface area contributed by atoms with Gasteiger partial charge in [0, 0.05) is 6.54 Å². The molecule has 1 N–H and O–H groups in total. The zero-order chi connectivity index (χ0) is 13.7. The van der Waals surface area contributed by atoms with Gasteiger partial charge in [0.1, 0.15) is 9.88 Å². The SMILES string of the molecule is C=CCNC(=O)c1sc(CN2CCCCC2)nc1C. The molecule has 0 radical (unpaired) electrons. The molecule has 0 aromatic carbocycles. The van der Waals surface area contributed by atoms with Crippen LogP contribution < -0.4 is 5.32 Å². The summed E-state index contributed by atoms with van der Waals surface area (Å²) in [5.74, 6) is -0.0419. The van der Waals surface area contributed by atoms with Crippen LogP contribution in [0.25, 0.3) is 0 Å². The van der Waals surface area contributed by atoms with Gasteiger partial charge >= 0.3 is 0 Å². The molecule has 19 heavy (non-hydrogen) atoms. The molecule has 0 saturated carbocycles. The summed E-state index contributed by atoms with van der Waals surface area (Å²) in [6.45, 7) is 9.17. The van der Waals surface area contributed by atoms with Gasteiger partial charge in [-0.1, -0.05) is 12.5 Å². The fourth-order valence-electron chi connectivity index (χ4n) is 2.28. The largest absolute Gasteiger partial charge is 0.348 e. The van der Waals surface area contributed by atoms with Gasteiger partial charge in [-0.25, -0.2) is 4.98 Å². The van der Waals surface area contributed by atoms with E-state index < -0.39 is 0 Å². The van der Waals surface area contributed by atoms with Crippen molar-refractivity contribution in [3.05, 3.63) is 28.2 Å². The molecule has 0 unspecified atom stereocenters. The minimum Gasteiger partial charge on any atom is -0.348 e. The Kier molecular flexibility index (Phi) is 5.10. The molecule has 0 bridgehead atoms. The van der Waals surface area contributed by atoms with Gasteiger partial charge in [0.25, 0.3) is 5.91 Å². The number of hydrogen-bond acceptors (Lipinski definition) is 4. The first kappa shape index (κ1) is 14.2. The van der Waals surface area contributed by atoms with E-state index in [1.165, 1.54) is 30.6 Å². The molecular weight excluding hydrogens is 258 g/mol. The molecule has 1 aromatic rings. The number of nitrogens with one attached hydrogen (secondary N) is 1. The first-order chi connectivity index (χ1) is 9.20. The maximum absolute atomic E-state index is 11.9. The van der Waals surface area contributed by atoms with Crippen LogP contribution in [-0.2, 0) is 6.54 Å². The van der Waals surface area contributed by atoms with Gasteiger partial charge in [-0.2, -0.15) is 0 Å². The first-order valence-corrected chi connectivity index (χ1v) is 7.60. The minimum absolute atomic E-state index is 0.0419. The summed E-state index contributed by atoms with van der Waals surface area (Å²) >= 11 is 1.51. The highest BCUT2D eigenvalue weighted by Crippen LogP contribution is 2.21. The van der Waals surface area contributed by atoms with Gasteiger partial charge in [-0.05, 0) is 32.9 Å². The van der Waals surface area contributed by atoms with E-state index in [2.05, 4.69) is 21.8 Å². The summed E-state index contributed by atoms with van der Waals surface area (Å²) < 4.78 is 0. The molecule has 4 nitrogen and oxygen atoms in total. The molecule has 1 saturated heterocycles. The first-order valence-electron chi connectivity index (χ1n) is 6.78. The van der Waals surface area contributed by atoms with E-state index in [1.807, 2.05) is 6.92 Å². The Labute approximate surface area is 118 Å². The maximum atomic E-state index is 11.9. The van der Waals surface area contributed by atoms with E-state index in [-0.39, 0.29) is 5.91 Å². The van der Waals surface area contributed by atoms with E-state index >= 15 is 0 Å². The maximum Gasteiger partial charge on any atom is 0.263 e. The third-order valence-electron chi connectivity index (χ3n) is 3.26. The van der Waals surface area contributed by atoms with Crippen molar-refractivity contribution in [3.63, 3.8) is 0 Å². The van der Waals surface area contributed by atoms with Crippen molar-refractivity contribution in [1.82, 2.24) is 15.2 Å². The number of amides is 1. The third-order valence-corrected chi connectivity index (χ3v) is 4.40. The number of piperidine rings is 1. The minimum atomic E-state index is -0.0419. The topological polar surface area (TPSA) is 45.2 Å².